The topological polar surface area (TPSA) is 38.0 Å². The van der Waals surface area contributed by atoms with Crippen LogP contribution in [0.25, 0.3) is 0 Å². The molecule has 7 heteroatoms. The first-order chi connectivity index (χ1) is 9.12. The number of rotatable bonds is 2. The highest BCUT2D eigenvalue weighted by Crippen LogP contribution is 2.42. The number of halogens is 4. The Hall–Kier alpha value is -0.560. The van der Waals surface area contributed by atoms with Gasteiger partial charge in [-0.1, -0.05) is 0 Å². The molecular formula is C13H18BrF3N2O. The molecule has 0 spiro atoms. The van der Waals surface area contributed by atoms with Crippen molar-refractivity contribution in [1.29, 1.82) is 0 Å². The molecule has 1 aromatic rings. The molecule has 2 rings (SSSR count). The fourth-order valence-electron chi connectivity index (χ4n) is 2.84. The van der Waals surface area contributed by atoms with Crippen LogP contribution in [0, 0.1) is 12.8 Å². The Morgan fingerprint density at radius 3 is 2.35 bits per heavy atom. The van der Waals surface area contributed by atoms with Crippen molar-refractivity contribution in [3.8, 4) is 0 Å². The zero-order valence-corrected chi connectivity index (χ0v) is 13.1. The van der Waals surface area contributed by atoms with Crippen LogP contribution in [0.5, 0.6) is 0 Å². The lowest BCUT2D eigenvalue weighted by molar-refractivity contribution is -0.192. The number of hydrogen-bond donors (Lipinski definition) is 1. The molecule has 0 unspecified atom stereocenters. The Morgan fingerprint density at radius 1 is 1.40 bits per heavy atom. The van der Waals surface area contributed by atoms with E-state index in [4.69, 9.17) is 0 Å². The summed E-state index contributed by atoms with van der Waals surface area (Å²) >= 11 is 3.42. The quantitative estimate of drug-likeness (QED) is 0.882. The van der Waals surface area contributed by atoms with Gasteiger partial charge in [0.2, 0.25) is 0 Å². The first kappa shape index (κ1) is 15.8. The Labute approximate surface area is 124 Å². The van der Waals surface area contributed by atoms with Gasteiger partial charge in [-0.2, -0.15) is 18.3 Å². The predicted molar refractivity (Wildman–Crippen MR) is 72.3 cm³/mol. The third-order valence-corrected chi connectivity index (χ3v) is 5.17. The summed E-state index contributed by atoms with van der Waals surface area (Å²) in [5, 5.41) is 14.8. The van der Waals surface area contributed by atoms with Crippen molar-refractivity contribution in [1.82, 2.24) is 9.78 Å². The standard InChI is InChI=1S/C13H18BrF3N2O/c1-8-11(14)10(19(2)18-8)7-12(20)5-3-9(4-6-12)13(15,16)17/h9,20H,3-7H2,1-2H3. The van der Waals surface area contributed by atoms with Crippen molar-refractivity contribution >= 4 is 15.9 Å². The summed E-state index contributed by atoms with van der Waals surface area (Å²) in [5.41, 5.74) is 0.579. The van der Waals surface area contributed by atoms with Crippen molar-refractivity contribution in [3.63, 3.8) is 0 Å². The molecule has 3 nitrogen and oxygen atoms in total. The van der Waals surface area contributed by atoms with Crippen LogP contribution in [0.2, 0.25) is 0 Å². The van der Waals surface area contributed by atoms with Gasteiger partial charge in [-0.15, -0.1) is 0 Å². The van der Waals surface area contributed by atoms with E-state index in [1.165, 1.54) is 0 Å². The summed E-state index contributed by atoms with van der Waals surface area (Å²) in [4.78, 5) is 0. The maximum Gasteiger partial charge on any atom is 0.391 e. The molecule has 0 aliphatic heterocycles. The van der Waals surface area contributed by atoms with Crippen molar-refractivity contribution in [3.05, 3.63) is 15.9 Å². The van der Waals surface area contributed by atoms with Crippen LogP contribution < -0.4 is 0 Å². The molecule has 0 saturated heterocycles. The summed E-state index contributed by atoms with van der Waals surface area (Å²) in [6, 6.07) is 0. The fraction of sp³-hybridized carbons (Fsp3) is 0.769. The molecule has 0 atom stereocenters. The van der Waals surface area contributed by atoms with E-state index >= 15 is 0 Å². The Morgan fingerprint density at radius 2 is 1.95 bits per heavy atom. The lowest BCUT2D eigenvalue weighted by Gasteiger charge is -2.36. The van der Waals surface area contributed by atoms with Gasteiger partial charge < -0.3 is 5.11 Å². The normalized spacial score (nSPS) is 27.9. The minimum Gasteiger partial charge on any atom is -0.389 e. The van der Waals surface area contributed by atoms with Crippen molar-refractivity contribution in [2.75, 3.05) is 0 Å². The number of alkyl halides is 3. The lowest BCUT2D eigenvalue weighted by atomic mass is 9.76. The van der Waals surface area contributed by atoms with E-state index in [9.17, 15) is 18.3 Å². The predicted octanol–water partition coefficient (Wildman–Crippen LogP) is 3.52. The summed E-state index contributed by atoms with van der Waals surface area (Å²) in [5.74, 6) is -1.28. The zero-order chi connectivity index (χ0) is 15.1. The van der Waals surface area contributed by atoms with E-state index in [-0.39, 0.29) is 25.7 Å². The van der Waals surface area contributed by atoms with Crippen molar-refractivity contribution in [2.45, 2.75) is 50.8 Å². The van der Waals surface area contributed by atoms with Gasteiger partial charge >= 0.3 is 6.18 Å². The van der Waals surface area contributed by atoms with E-state index in [0.717, 1.165) is 15.9 Å². The average molecular weight is 355 g/mol. The van der Waals surface area contributed by atoms with Gasteiger partial charge in [-0.3, -0.25) is 4.68 Å². The second kappa shape index (κ2) is 5.33. The zero-order valence-electron chi connectivity index (χ0n) is 11.5. The molecule has 114 valence electrons. The third kappa shape index (κ3) is 3.19. The molecule has 1 fully saturated rings. The number of aryl methyl sites for hydroxylation is 2. The SMILES string of the molecule is Cc1nn(C)c(CC2(O)CCC(C(F)(F)F)CC2)c1Br. The maximum atomic E-state index is 12.6. The Balaban J connectivity index is 2.07. The van der Waals surface area contributed by atoms with E-state index in [1.54, 1.807) is 11.7 Å². The molecule has 0 amide bonds. The molecule has 1 heterocycles. The van der Waals surface area contributed by atoms with Crippen LogP contribution in [-0.2, 0) is 13.5 Å². The second-order valence-electron chi connectivity index (χ2n) is 5.69. The first-order valence-corrected chi connectivity index (χ1v) is 7.39. The van der Waals surface area contributed by atoms with Gasteiger partial charge in [0.05, 0.1) is 27.4 Å². The number of aromatic nitrogens is 2. The molecule has 0 bridgehead atoms. The van der Waals surface area contributed by atoms with Crippen LogP contribution in [0.3, 0.4) is 0 Å². The van der Waals surface area contributed by atoms with E-state index in [1.807, 2.05) is 6.92 Å². The minimum atomic E-state index is -4.15. The number of aliphatic hydroxyl groups is 1. The van der Waals surface area contributed by atoms with Crippen LogP contribution >= 0.6 is 15.9 Å². The fourth-order valence-corrected chi connectivity index (χ4v) is 3.32. The van der Waals surface area contributed by atoms with E-state index < -0.39 is 17.7 Å². The van der Waals surface area contributed by atoms with Gasteiger partial charge in [-0.05, 0) is 48.5 Å². The maximum absolute atomic E-state index is 12.6. The van der Waals surface area contributed by atoms with Crippen LogP contribution in [0.4, 0.5) is 13.2 Å². The summed E-state index contributed by atoms with van der Waals surface area (Å²) < 4.78 is 40.4. The van der Waals surface area contributed by atoms with Crippen LogP contribution in [-0.4, -0.2) is 26.7 Å². The summed E-state index contributed by atoms with van der Waals surface area (Å²) in [6.07, 6.45) is -3.48. The Kier molecular flexibility index (Phi) is 4.22. The van der Waals surface area contributed by atoms with Gasteiger partial charge in [0.1, 0.15) is 0 Å². The van der Waals surface area contributed by atoms with Gasteiger partial charge in [0, 0.05) is 13.5 Å². The second-order valence-corrected chi connectivity index (χ2v) is 6.48. The smallest absolute Gasteiger partial charge is 0.389 e. The molecule has 1 aromatic heterocycles. The lowest BCUT2D eigenvalue weighted by Crippen LogP contribution is -2.40. The molecule has 1 N–H and O–H groups in total. The highest BCUT2D eigenvalue weighted by atomic mass is 79.9. The minimum absolute atomic E-state index is 0.00550. The van der Waals surface area contributed by atoms with Gasteiger partial charge in [-0.25, -0.2) is 0 Å². The largest absolute Gasteiger partial charge is 0.391 e. The van der Waals surface area contributed by atoms with Gasteiger partial charge in [0.25, 0.3) is 0 Å². The monoisotopic (exact) mass is 354 g/mol. The molecule has 0 aromatic carbocycles. The average Bonchev–Trinajstić information content (AvgIpc) is 2.55. The van der Waals surface area contributed by atoms with Crippen molar-refractivity contribution in [2.24, 2.45) is 13.0 Å². The highest BCUT2D eigenvalue weighted by molar-refractivity contribution is 9.10. The molecule has 1 aliphatic rings. The first-order valence-electron chi connectivity index (χ1n) is 6.59. The number of nitrogens with zero attached hydrogens (tertiary/aromatic N) is 2. The van der Waals surface area contributed by atoms with Gasteiger partial charge in [0.15, 0.2) is 0 Å². The van der Waals surface area contributed by atoms with E-state index in [0.29, 0.717) is 6.42 Å². The third-order valence-electron chi connectivity index (χ3n) is 4.14. The van der Waals surface area contributed by atoms with Crippen LogP contribution in [0.1, 0.15) is 37.1 Å². The molecule has 1 aliphatic carbocycles. The van der Waals surface area contributed by atoms with Crippen LogP contribution in [0.15, 0.2) is 4.47 Å². The molecule has 20 heavy (non-hydrogen) atoms. The van der Waals surface area contributed by atoms with E-state index in [2.05, 4.69) is 21.0 Å². The summed E-state index contributed by atoms with van der Waals surface area (Å²) in [6.45, 7) is 1.85. The van der Waals surface area contributed by atoms with Crippen molar-refractivity contribution < 1.29 is 18.3 Å². The highest BCUT2D eigenvalue weighted by Gasteiger charge is 2.45. The summed E-state index contributed by atoms with van der Waals surface area (Å²) in [7, 11) is 1.78. The molecule has 0 radical (unpaired) electrons. The Bertz CT molecular complexity index is 491. The molecule has 1 saturated carbocycles. The molecular weight excluding hydrogens is 337 g/mol. The number of hydrogen-bond acceptors (Lipinski definition) is 2.